The second-order valence-corrected chi connectivity index (χ2v) is 11.3. The van der Waals surface area contributed by atoms with Crippen LogP contribution >= 0.6 is 0 Å². The molecule has 0 aromatic heterocycles. The number of ether oxygens (including phenoxy) is 2. The van der Waals surface area contributed by atoms with Crippen LogP contribution in [0.4, 0.5) is 0 Å². The molecule has 0 amide bonds. The third-order valence-corrected chi connectivity index (χ3v) is 8.32. The third-order valence-electron chi connectivity index (χ3n) is 3.98. The molecule has 0 heterocycles. The molecule has 0 atom stereocenters. The molecule has 0 bridgehead atoms. The number of rotatable bonds is 5. The van der Waals surface area contributed by atoms with Crippen molar-refractivity contribution in [3.8, 4) is 11.5 Å². The van der Waals surface area contributed by atoms with Crippen LogP contribution in [-0.4, -0.2) is 34.3 Å². The minimum Gasteiger partial charge on any atom is -0.543 e. The average Bonchev–Trinajstić information content (AvgIpc) is 2.43. The van der Waals surface area contributed by atoms with Crippen molar-refractivity contribution in [2.45, 2.75) is 38.9 Å². The molecule has 22 heavy (non-hydrogen) atoms. The second-order valence-electron chi connectivity index (χ2n) is 6.55. The van der Waals surface area contributed by atoms with Crippen LogP contribution in [-0.2, 0) is 9.53 Å². The first-order valence-electron chi connectivity index (χ1n) is 7.03. The number of carbonyl (C=O) groups excluding carboxylic acids is 2. The van der Waals surface area contributed by atoms with E-state index in [0.29, 0.717) is 11.5 Å². The summed E-state index contributed by atoms with van der Waals surface area (Å²) in [6.07, 6.45) is 0. The highest BCUT2D eigenvalue weighted by molar-refractivity contribution is 6.74. The third kappa shape index (κ3) is 3.88. The van der Waals surface area contributed by atoms with Gasteiger partial charge in [0.1, 0.15) is 11.5 Å². The quantitative estimate of drug-likeness (QED) is 0.359. The number of esters is 1. The van der Waals surface area contributed by atoms with Gasteiger partial charge in [-0.15, -0.1) is 0 Å². The van der Waals surface area contributed by atoms with Crippen molar-refractivity contribution < 1.29 is 23.5 Å². The van der Waals surface area contributed by atoms with Gasteiger partial charge in [0.2, 0.25) is 0 Å². The van der Waals surface area contributed by atoms with Crippen molar-refractivity contribution in [2.24, 2.45) is 0 Å². The maximum Gasteiger partial charge on any atom is 0.379 e. The van der Waals surface area contributed by atoms with Gasteiger partial charge in [-0.3, -0.25) is 4.79 Å². The van der Waals surface area contributed by atoms with Crippen LogP contribution in [0.2, 0.25) is 18.1 Å². The van der Waals surface area contributed by atoms with Gasteiger partial charge >= 0.3 is 5.97 Å². The highest BCUT2D eigenvalue weighted by Gasteiger charge is 2.40. The Bertz CT molecular complexity index is 572. The Labute approximate surface area is 132 Å². The molecule has 0 aliphatic heterocycles. The van der Waals surface area contributed by atoms with Crippen molar-refractivity contribution >= 4 is 20.1 Å². The van der Waals surface area contributed by atoms with E-state index in [-0.39, 0.29) is 10.6 Å². The van der Waals surface area contributed by atoms with Crippen LogP contribution in [0.15, 0.2) is 18.2 Å². The normalized spacial score (nSPS) is 11.8. The maximum absolute atomic E-state index is 12.2. The molecule has 0 saturated heterocycles. The van der Waals surface area contributed by atoms with Gasteiger partial charge < -0.3 is 13.9 Å². The van der Waals surface area contributed by atoms with Crippen LogP contribution in [0, 0.1) is 0 Å². The fourth-order valence-corrected chi connectivity index (χ4v) is 2.56. The smallest absolute Gasteiger partial charge is 0.379 e. The lowest BCUT2D eigenvalue weighted by Crippen LogP contribution is -2.44. The molecular weight excluding hydrogens is 300 g/mol. The summed E-state index contributed by atoms with van der Waals surface area (Å²) in [6, 6.07) is 4.78. The van der Waals surface area contributed by atoms with Gasteiger partial charge in [-0.25, -0.2) is 4.79 Å². The summed E-state index contributed by atoms with van der Waals surface area (Å²) < 4.78 is 15.9. The van der Waals surface area contributed by atoms with Gasteiger partial charge in [0.05, 0.1) is 19.8 Å². The summed E-state index contributed by atoms with van der Waals surface area (Å²) in [5.74, 6) is -0.708. The van der Waals surface area contributed by atoms with Crippen LogP contribution in [0.25, 0.3) is 0 Å². The van der Waals surface area contributed by atoms with E-state index in [0.717, 1.165) is 0 Å². The molecule has 0 N–H and O–H groups in total. The Balaban J connectivity index is 3.32. The fourth-order valence-electron chi connectivity index (χ4n) is 1.53. The van der Waals surface area contributed by atoms with Crippen molar-refractivity contribution in [3.05, 3.63) is 23.8 Å². The molecule has 0 aliphatic rings. The Hall–Kier alpha value is -1.82. The zero-order valence-corrected chi connectivity index (χ0v) is 15.3. The lowest BCUT2D eigenvalue weighted by Gasteiger charge is -2.37. The number of hydrogen-bond donors (Lipinski definition) is 0. The summed E-state index contributed by atoms with van der Waals surface area (Å²) in [7, 11) is 0.550. The number of methoxy groups -OCH3 is 2. The average molecular weight is 324 g/mol. The molecule has 0 radical (unpaired) electrons. The predicted octanol–water partition coefficient (Wildman–Crippen LogP) is 3.43. The molecule has 0 aliphatic carbocycles. The fraction of sp³-hybridized carbons (Fsp3) is 0.500. The molecule has 0 fully saturated rings. The lowest BCUT2D eigenvalue weighted by atomic mass is 10.1. The molecule has 5 nitrogen and oxygen atoms in total. The van der Waals surface area contributed by atoms with Gasteiger partial charge in [-0.05, 0) is 30.3 Å². The number of benzene rings is 1. The van der Waals surface area contributed by atoms with E-state index < -0.39 is 20.1 Å². The minimum atomic E-state index is -2.16. The Morgan fingerprint density at radius 3 is 2.14 bits per heavy atom. The van der Waals surface area contributed by atoms with Gasteiger partial charge in [0, 0.05) is 6.07 Å². The molecule has 6 heteroatoms. The van der Waals surface area contributed by atoms with Gasteiger partial charge in [-0.2, -0.15) is 0 Å². The van der Waals surface area contributed by atoms with Gasteiger partial charge in [0.15, 0.2) is 0 Å². The maximum atomic E-state index is 12.2. The first kappa shape index (κ1) is 18.2. The zero-order chi connectivity index (χ0) is 17.1. The van der Waals surface area contributed by atoms with E-state index in [2.05, 4.69) is 38.6 Å². The molecule has 1 rings (SSSR count). The Morgan fingerprint density at radius 2 is 1.68 bits per heavy atom. The minimum absolute atomic E-state index is 0.0400. The Kier molecular flexibility index (Phi) is 5.40. The molecule has 122 valence electrons. The van der Waals surface area contributed by atoms with E-state index in [1.807, 2.05) is 0 Å². The van der Waals surface area contributed by atoms with Crippen LogP contribution < -0.4 is 9.16 Å². The number of ketones is 1. The highest BCUT2D eigenvalue weighted by atomic mass is 28.4. The van der Waals surface area contributed by atoms with Crippen LogP contribution in [0.5, 0.6) is 11.5 Å². The summed E-state index contributed by atoms with van der Waals surface area (Å²) >= 11 is 0. The predicted molar refractivity (Wildman–Crippen MR) is 87.2 cm³/mol. The van der Waals surface area contributed by atoms with E-state index >= 15 is 0 Å². The van der Waals surface area contributed by atoms with E-state index in [1.54, 1.807) is 12.1 Å². The number of carbonyl (C=O) groups is 2. The van der Waals surface area contributed by atoms with E-state index in [9.17, 15) is 9.59 Å². The molecule has 0 unspecified atom stereocenters. The van der Waals surface area contributed by atoms with E-state index in [4.69, 9.17) is 9.16 Å². The van der Waals surface area contributed by atoms with Gasteiger partial charge in [-0.1, -0.05) is 20.8 Å². The molecule has 1 aromatic rings. The lowest BCUT2D eigenvalue weighted by molar-refractivity contribution is -0.135. The molecule has 0 saturated carbocycles. The summed E-state index contributed by atoms with van der Waals surface area (Å²) in [5, 5.41) is -0.0400. The highest BCUT2D eigenvalue weighted by Crippen LogP contribution is 2.39. The SMILES string of the molecule is COC(=O)C(=O)c1ccc(OC)cc1O[Si](C)(C)C(C)(C)C. The number of hydrogen-bond acceptors (Lipinski definition) is 5. The molecule has 0 spiro atoms. The second kappa shape index (κ2) is 6.52. The van der Waals surface area contributed by atoms with Crippen molar-refractivity contribution in [1.29, 1.82) is 0 Å². The van der Waals surface area contributed by atoms with Crippen LogP contribution in [0.1, 0.15) is 31.1 Å². The van der Waals surface area contributed by atoms with Crippen LogP contribution in [0.3, 0.4) is 0 Å². The standard InChI is InChI=1S/C16H24O5Si/c1-16(2,3)22(6,7)21-13-10-11(19-4)8-9-12(13)14(17)15(18)20-5/h8-10H,1-7H3. The van der Waals surface area contributed by atoms with Gasteiger partial charge in [0.25, 0.3) is 14.1 Å². The number of Topliss-reactive ketones (excluding diaryl/α,β-unsaturated/α-hetero) is 1. The summed E-state index contributed by atoms with van der Waals surface area (Å²) in [6.45, 7) is 10.4. The van der Waals surface area contributed by atoms with Crippen molar-refractivity contribution in [3.63, 3.8) is 0 Å². The summed E-state index contributed by atoms with van der Waals surface area (Å²) in [4.78, 5) is 23.7. The first-order chi connectivity index (χ1) is 10.0. The topological polar surface area (TPSA) is 61.8 Å². The van der Waals surface area contributed by atoms with Crippen molar-refractivity contribution in [2.75, 3.05) is 14.2 Å². The summed E-state index contributed by atoms with van der Waals surface area (Å²) in [5.41, 5.74) is 0.192. The monoisotopic (exact) mass is 324 g/mol. The largest absolute Gasteiger partial charge is 0.543 e. The molecular formula is C16H24O5Si. The Morgan fingerprint density at radius 1 is 1.09 bits per heavy atom. The first-order valence-corrected chi connectivity index (χ1v) is 9.94. The van der Waals surface area contributed by atoms with Crippen molar-refractivity contribution in [1.82, 2.24) is 0 Å². The zero-order valence-electron chi connectivity index (χ0n) is 14.3. The van der Waals surface area contributed by atoms with E-state index in [1.165, 1.54) is 20.3 Å². The molecule has 1 aromatic carbocycles.